The highest BCUT2D eigenvalue weighted by atomic mass is 16.5. The van der Waals surface area contributed by atoms with Gasteiger partial charge < -0.3 is 14.4 Å². The summed E-state index contributed by atoms with van der Waals surface area (Å²) in [6.07, 6.45) is 2.80. The number of carbonyl (C=O) groups excluding carboxylic acids is 1. The van der Waals surface area contributed by atoms with E-state index < -0.39 is 0 Å². The number of benzene rings is 2. The summed E-state index contributed by atoms with van der Waals surface area (Å²) in [5.74, 6) is 0.998. The summed E-state index contributed by atoms with van der Waals surface area (Å²) in [4.78, 5) is 18.1. The molecule has 0 aromatic heterocycles. The van der Waals surface area contributed by atoms with Gasteiger partial charge in [0.1, 0.15) is 11.9 Å². The first-order chi connectivity index (χ1) is 13.8. The largest absolute Gasteiger partial charge is 0.487 e. The molecule has 5 nitrogen and oxygen atoms in total. The molecule has 0 radical (unpaired) electrons. The number of fused-ring (bicyclic) bond motifs is 3. The molecule has 0 unspecified atom stereocenters. The Balaban J connectivity index is 1.50. The van der Waals surface area contributed by atoms with Crippen LogP contribution in [0.3, 0.4) is 0 Å². The average molecular weight is 378 g/mol. The Bertz CT molecular complexity index is 835. The number of carbonyl (C=O) groups is 1. The van der Waals surface area contributed by atoms with E-state index in [9.17, 15) is 4.79 Å². The van der Waals surface area contributed by atoms with E-state index in [-0.39, 0.29) is 18.1 Å². The molecule has 5 rings (SSSR count). The van der Waals surface area contributed by atoms with Crippen molar-refractivity contribution in [3.63, 3.8) is 0 Å². The van der Waals surface area contributed by atoms with Crippen LogP contribution in [0.25, 0.3) is 0 Å². The zero-order valence-electron chi connectivity index (χ0n) is 16.0. The second-order valence-electron chi connectivity index (χ2n) is 7.91. The quantitative estimate of drug-likeness (QED) is 0.822. The first kappa shape index (κ1) is 17.7. The van der Waals surface area contributed by atoms with Gasteiger partial charge in [-0.1, -0.05) is 42.5 Å². The molecule has 3 heterocycles. The van der Waals surface area contributed by atoms with Gasteiger partial charge >= 0.3 is 0 Å². The van der Waals surface area contributed by atoms with Gasteiger partial charge in [0, 0.05) is 32.2 Å². The number of amides is 1. The van der Waals surface area contributed by atoms with Crippen molar-refractivity contribution in [3.8, 4) is 5.75 Å². The number of anilines is 1. The summed E-state index contributed by atoms with van der Waals surface area (Å²) in [6.45, 7) is 2.93. The van der Waals surface area contributed by atoms with E-state index in [1.807, 2.05) is 47.4 Å². The van der Waals surface area contributed by atoms with Gasteiger partial charge in [-0.25, -0.2) is 0 Å². The molecule has 0 aliphatic carbocycles. The Morgan fingerprint density at radius 2 is 1.71 bits per heavy atom. The van der Waals surface area contributed by atoms with Gasteiger partial charge in [-0.2, -0.15) is 0 Å². The highest BCUT2D eigenvalue weighted by Gasteiger charge is 2.45. The van der Waals surface area contributed by atoms with E-state index in [2.05, 4.69) is 17.0 Å². The Hall–Kier alpha value is -2.37. The maximum absolute atomic E-state index is 13.8. The molecule has 2 bridgehead atoms. The smallest absolute Gasteiger partial charge is 0.244 e. The number of hydrogen-bond donors (Lipinski definition) is 0. The molecule has 1 amide bonds. The predicted molar refractivity (Wildman–Crippen MR) is 107 cm³/mol. The van der Waals surface area contributed by atoms with Crippen molar-refractivity contribution in [2.75, 3.05) is 24.7 Å². The highest BCUT2D eigenvalue weighted by molar-refractivity contribution is 5.99. The lowest BCUT2D eigenvalue weighted by Gasteiger charge is -2.36. The van der Waals surface area contributed by atoms with Crippen molar-refractivity contribution < 1.29 is 14.3 Å². The molecule has 28 heavy (non-hydrogen) atoms. The molecule has 2 saturated heterocycles. The lowest BCUT2D eigenvalue weighted by Crippen LogP contribution is -2.50. The lowest BCUT2D eigenvalue weighted by atomic mass is 10.0. The van der Waals surface area contributed by atoms with Crippen LogP contribution in [0, 0.1) is 0 Å². The minimum Gasteiger partial charge on any atom is -0.487 e. The van der Waals surface area contributed by atoms with Gasteiger partial charge in [-0.3, -0.25) is 9.69 Å². The van der Waals surface area contributed by atoms with Crippen LogP contribution in [0.1, 0.15) is 24.8 Å². The molecular weight excluding hydrogens is 352 g/mol. The predicted octanol–water partition coefficient (Wildman–Crippen LogP) is 3.23. The molecule has 146 valence electrons. The fraction of sp³-hybridized carbons (Fsp3) is 0.435. The van der Waals surface area contributed by atoms with Crippen LogP contribution in [-0.4, -0.2) is 48.8 Å². The van der Waals surface area contributed by atoms with Crippen LogP contribution in [0.4, 0.5) is 5.69 Å². The van der Waals surface area contributed by atoms with Gasteiger partial charge in [0.05, 0.1) is 18.3 Å². The number of likely N-dealkylation sites (tertiary alicyclic amines) is 1. The third kappa shape index (κ3) is 3.29. The molecule has 3 aliphatic heterocycles. The summed E-state index contributed by atoms with van der Waals surface area (Å²) >= 11 is 0. The van der Waals surface area contributed by atoms with Gasteiger partial charge in [0.2, 0.25) is 5.91 Å². The summed E-state index contributed by atoms with van der Waals surface area (Å²) < 4.78 is 11.9. The first-order valence-electron chi connectivity index (χ1n) is 10.2. The standard InChI is InChI=1S/C23H26N2O3/c26-23-21-14-19(16-24(21)18-10-12-27-13-11-18)28-22-9-5-4-8-20(22)25(23)15-17-6-2-1-3-7-17/h1-9,18-19,21H,10-16H2/t19-,21-/m0/s1. The van der Waals surface area contributed by atoms with E-state index >= 15 is 0 Å². The van der Waals surface area contributed by atoms with E-state index in [4.69, 9.17) is 9.47 Å². The van der Waals surface area contributed by atoms with E-state index in [1.165, 1.54) is 0 Å². The molecule has 2 atom stereocenters. The summed E-state index contributed by atoms with van der Waals surface area (Å²) in [5, 5.41) is 0. The Morgan fingerprint density at radius 1 is 0.964 bits per heavy atom. The van der Waals surface area contributed by atoms with Crippen LogP contribution in [0.2, 0.25) is 0 Å². The second-order valence-corrected chi connectivity index (χ2v) is 7.91. The van der Waals surface area contributed by atoms with Crippen LogP contribution in [-0.2, 0) is 16.1 Å². The molecule has 2 aromatic carbocycles. The van der Waals surface area contributed by atoms with Crippen molar-refractivity contribution in [2.45, 2.75) is 44.0 Å². The molecule has 0 spiro atoms. The van der Waals surface area contributed by atoms with Crippen LogP contribution in [0.5, 0.6) is 5.75 Å². The van der Waals surface area contributed by atoms with Crippen molar-refractivity contribution in [1.29, 1.82) is 0 Å². The van der Waals surface area contributed by atoms with Crippen LogP contribution < -0.4 is 9.64 Å². The zero-order valence-corrected chi connectivity index (χ0v) is 16.0. The first-order valence-corrected chi connectivity index (χ1v) is 10.2. The Kier molecular flexibility index (Phi) is 4.79. The molecule has 3 aliphatic rings. The maximum atomic E-state index is 13.8. The van der Waals surface area contributed by atoms with Crippen molar-refractivity contribution in [2.24, 2.45) is 0 Å². The summed E-state index contributed by atoms with van der Waals surface area (Å²) in [5.41, 5.74) is 2.00. The van der Waals surface area contributed by atoms with Gasteiger partial charge in [-0.05, 0) is 30.5 Å². The lowest BCUT2D eigenvalue weighted by molar-refractivity contribution is -0.124. The van der Waals surface area contributed by atoms with Crippen molar-refractivity contribution in [1.82, 2.24) is 4.90 Å². The molecule has 0 saturated carbocycles. The SMILES string of the molecule is O=C1[C@@H]2C[C@@H](CN2C2CCOCC2)Oc2ccccc2N1Cc1ccccc1. The monoisotopic (exact) mass is 378 g/mol. The number of hydrogen-bond acceptors (Lipinski definition) is 4. The second kappa shape index (κ2) is 7.57. The minimum atomic E-state index is -0.120. The minimum absolute atomic E-state index is 0.0665. The molecule has 2 fully saturated rings. The highest BCUT2D eigenvalue weighted by Crippen LogP contribution is 2.38. The zero-order chi connectivity index (χ0) is 18.9. The number of nitrogens with zero attached hydrogens (tertiary/aromatic N) is 2. The third-order valence-corrected chi connectivity index (χ3v) is 6.15. The fourth-order valence-electron chi connectivity index (χ4n) is 4.76. The summed E-state index contributed by atoms with van der Waals surface area (Å²) in [6, 6.07) is 18.4. The number of ether oxygens (including phenoxy) is 2. The number of rotatable bonds is 3. The van der Waals surface area contributed by atoms with E-state index in [0.717, 1.165) is 56.0 Å². The summed E-state index contributed by atoms with van der Waals surface area (Å²) in [7, 11) is 0. The van der Waals surface area contributed by atoms with Crippen LogP contribution in [0.15, 0.2) is 54.6 Å². The molecular formula is C23H26N2O3. The van der Waals surface area contributed by atoms with Gasteiger partial charge in [-0.15, -0.1) is 0 Å². The van der Waals surface area contributed by atoms with Crippen LogP contribution >= 0.6 is 0 Å². The molecule has 2 aromatic rings. The van der Waals surface area contributed by atoms with Crippen molar-refractivity contribution in [3.05, 3.63) is 60.2 Å². The molecule has 5 heteroatoms. The topological polar surface area (TPSA) is 42.0 Å². The maximum Gasteiger partial charge on any atom is 0.244 e. The van der Waals surface area contributed by atoms with E-state index in [0.29, 0.717) is 12.6 Å². The van der Waals surface area contributed by atoms with Crippen molar-refractivity contribution >= 4 is 11.6 Å². The van der Waals surface area contributed by atoms with E-state index in [1.54, 1.807) is 0 Å². The number of para-hydroxylation sites is 2. The average Bonchev–Trinajstić information content (AvgIpc) is 3.18. The van der Waals surface area contributed by atoms with Gasteiger partial charge in [0.25, 0.3) is 0 Å². The fourth-order valence-corrected chi connectivity index (χ4v) is 4.76. The normalized spacial score (nSPS) is 25.7. The third-order valence-electron chi connectivity index (χ3n) is 6.15. The van der Waals surface area contributed by atoms with Gasteiger partial charge in [0.15, 0.2) is 0 Å². The Labute approximate surface area is 165 Å². The molecule has 0 N–H and O–H groups in total. The Morgan fingerprint density at radius 3 is 2.54 bits per heavy atom.